The van der Waals surface area contributed by atoms with Crippen molar-refractivity contribution in [3.05, 3.63) is 45.8 Å². The number of aryl methyl sites for hydroxylation is 1. The molecule has 5 heteroatoms. The summed E-state index contributed by atoms with van der Waals surface area (Å²) < 4.78 is 0. The maximum absolute atomic E-state index is 8.82. The van der Waals surface area contributed by atoms with E-state index < -0.39 is 0 Å². The molecule has 0 amide bonds. The van der Waals surface area contributed by atoms with Crippen LogP contribution in [0.5, 0.6) is 0 Å². The number of nitriles is 1. The molecule has 3 heterocycles. The molecular weight excluding hydrogens is 292 g/mol. The minimum Gasteiger partial charge on any atom is -0.357 e. The fraction of sp³-hybridized carbons (Fsp3) is 0.412. The summed E-state index contributed by atoms with van der Waals surface area (Å²) in [6, 6.07) is 8.66. The molecule has 0 bridgehead atoms. The average molecular weight is 312 g/mol. The van der Waals surface area contributed by atoms with Crippen LogP contribution in [0.1, 0.15) is 28.8 Å². The van der Waals surface area contributed by atoms with E-state index in [2.05, 4.69) is 39.6 Å². The van der Waals surface area contributed by atoms with Crippen molar-refractivity contribution < 1.29 is 0 Å². The molecule has 0 spiro atoms. The van der Waals surface area contributed by atoms with Crippen molar-refractivity contribution in [1.29, 1.82) is 5.26 Å². The van der Waals surface area contributed by atoms with E-state index >= 15 is 0 Å². The zero-order chi connectivity index (χ0) is 15.4. The van der Waals surface area contributed by atoms with Crippen LogP contribution in [0.3, 0.4) is 0 Å². The summed E-state index contributed by atoms with van der Waals surface area (Å²) in [7, 11) is 0. The average Bonchev–Trinajstić information content (AvgIpc) is 2.99. The zero-order valence-corrected chi connectivity index (χ0v) is 13.6. The molecular formula is C17H20N4S. The summed E-state index contributed by atoms with van der Waals surface area (Å²) in [6.45, 7) is 5.18. The van der Waals surface area contributed by atoms with E-state index in [0.29, 0.717) is 11.6 Å². The number of anilines is 1. The molecule has 1 aliphatic heterocycles. The van der Waals surface area contributed by atoms with E-state index in [4.69, 9.17) is 5.26 Å². The van der Waals surface area contributed by atoms with Gasteiger partial charge < -0.3 is 10.2 Å². The number of piperidine rings is 1. The summed E-state index contributed by atoms with van der Waals surface area (Å²) in [5, 5.41) is 14.7. The number of pyridine rings is 1. The topological polar surface area (TPSA) is 52.0 Å². The van der Waals surface area contributed by atoms with Gasteiger partial charge in [0.15, 0.2) is 0 Å². The molecule has 0 aliphatic carbocycles. The van der Waals surface area contributed by atoms with Gasteiger partial charge in [-0.2, -0.15) is 5.26 Å². The monoisotopic (exact) mass is 312 g/mol. The Labute approximate surface area is 135 Å². The lowest BCUT2D eigenvalue weighted by Gasteiger charge is -2.33. The minimum absolute atomic E-state index is 0.580. The van der Waals surface area contributed by atoms with Crippen LogP contribution in [0.15, 0.2) is 29.8 Å². The van der Waals surface area contributed by atoms with Gasteiger partial charge in [0.1, 0.15) is 11.9 Å². The highest BCUT2D eigenvalue weighted by Crippen LogP contribution is 2.20. The Balaban J connectivity index is 1.49. The van der Waals surface area contributed by atoms with Gasteiger partial charge in [-0.1, -0.05) is 0 Å². The van der Waals surface area contributed by atoms with Gasteiger partial charge >= 0.3 is 0 Å². The van der Waals surface area contributed by atoms with Crippen LogP contribution in [0.2, 0.25) is 0 Å². The molecule has 4 nitrogen and oxygen atoms in total. The molecule has 3 rings (SSSR count). The Morgan fingerprint density at radius 1 is 1.36 bits per heavy atom. The lowest BCUT2D eigenvalue weighted by molar-refractivity contribution is 0.414. The van der Waals surface area contributed by atoms with E-state index in [9.17, 15) is 0 Å². The van der Waals surface area contributed by atoms with Crippen LogP contribution in [0, 0.1) is 18.3 Å². The van der Waals surface area contributed by atoms with Gasteiger partial charge in [0.05, 0.1) is 5.56 Å². The highest BCUT2D eigenvalue weighted by Gasteiger charge is 2.19. The van der Waals surface area contributed by atoms with Crippen molar-refractivity contribution in [2.75, 3.05) is 18.0 Å². The van der Waals surface area contributed by atoms with Crippen LogP contribution in [-0.4, -0.2) is 24.1 Å². The Kier molecular flexibility index (Phi) is 4.71. The lowest BCUT2D eigenvalue weighted by atomic mass is 10.0. The number of aromatic nitrogens is 1. The highest BCUT2D eigenvalue weighted by atomic mass is 32.1. The number of nitrogens with one attached hydrogen (secondary N) is 1. The normalized spacial score (nSPS) is 15.7. The SMILES string of the molecule is Cc1ccsc1CNC1CCN(c2ccc(C#N)cn2)CC1. The number of nitrogens with zero attached hydrogens (tertiary/aromatic N) is 3. The number of thiophene rings is 1. The van der Waals surface area contributed by atoms with Crippen molar-refractivity contribution in [1.82, 2.24) is 10.3 Å². The fourth-order valence-electron chi connectivity index (χ4n) is 2.77. The first kappa shape index (κ1) is 15.0. The van der Waals surface area contributed by atoms with E-state index in [1.807, 2.05) is 23.5 Å². The third kappa shape index (κ3) is 3.46. The van der Waals surface area contributed by atoms with E-state index in [-0.39, 0.29) is 0 Å². The minimum atomic E-state index is 0.580. The molecule has 2 aromatic heterocycles. The van der Waals surface area contributed by atoms with Gasteiger partial charge in [-0.3, -0.25) is 0 Å². The van der Waals surface area contributed by atoms with Gasteiger partial charge in [-0.15, -0.1) is 11.3 Å². The highest BCUT2D eigenvalue weighted by molar-refractivity contribution is 7.10. The Hall–Kier alpha value is -1.90. The molecule has 0 radical (unpaired) electrons. The maximum atomic E-state index is 8.82. The molecule has 1 saturated heterocycles. The van der Waals surface area contributed by atoms with E-state index in [1.165, 1.54) is 10.4 Å². The smallest absolute Gasteiger partial charge is 0.128 e. The van der Waals surface area contributed by atoms with Gasteiger partial charge in [0.25, 0.3) is 0 Å². The van der Waals surface area contributed by atoms with Crippen molar-refractivity contribution in [2.24, 2.45) is 0 Å². The van der Waals surface area contributed by atoms with Gasteiger partial charge in [-0.25, -0.2) is 4.98 Å². The maximum Gasteiger partial charge on any atom is 0.128 e. The summed E-state index contributed by atoms with van der Waals surface area (Å²) >= 11 is 1.83. The predicted octanol–water partition coefficient (Wildman–Crippen LogP) is 3.08. The quantitative estimate of drug-likeness (QED) is 0.942. The van der Waals surface area contributed by atoms with Crippen LogP contribution in [-0.2, 0) is 6.54 Å². The second-order valence-corrected chi connectivity index (χ2v) is 6.69. The molecule has 1 aliphatic rings. The third-order valence-electron chi connectivity index (χ3n) is 4.22. The van der Waals surface area contributed by atoms with Crippen LogP contribution < -0.4 is 10.2 Å². The summed E-state index contributed by atoms with van der Waals surface area (Å²) in [5.41, 5.74) is 2.00. The Morgan fingerprint density at radius 3 is 2.77 bits per heavy atom. The summed E-state index contributed by atoms with van der Waals surface area (Å²) in [6.07, 6.45) is 3.91. The van der Waals surface area contributed by atoms with Gasteiger partial charge in [-0.05, 0) is 48.9 Å². The number of hydrogen-bond acceptors (Lipinski definition) is 5. The first-order valence-corrected chi connectivity index (χ1v) is 8.51. The van der Waals surface area contributed by atoms with Crippen molar-refractivity contribution in [2.45, 2.75) is 32.4 Å². The zero-order valence-electron chi connectivity index (χ0n) is 12.7. The summed E-state index contributed by atoms with van der Waals surface area (Å²) in [4.78, 5) is 8.12. The number of rotatable bonds is 4. The molecule has 1 fully saturated rings. The molecule has 1 N–H and O–H groups in total. The van der Waals surface area contributed by atoms with E-state index in [0.717, 1.165) is 38.3 Å². The Bertz CT molecular complexity index is 648. The fourth-order valence-corrected chi connectivity index (χ4v) is 3.63. The van der Waals surface area contributed by atoms with Crippen molar-refractivity contribution in [3.63, 3.8) is 0 Å². The Morgan fingerprint density at radius 2 is 2.18 bits per heavy atom. The molecule has 114 valence electrons. The number of hydrogen-bond donors (Lipinski definition) is 1. The predicted molar refractivity (Wildman–Crippen MR) is 90.1 cm³/mol. The second-order valence-electron chi connectivity index (χ2n) is 5.69. The van der Waals surface area contributed by atoms with Gasteiger partial charge in [0, 0.05) is 36.8 Å². The van der Waals surface area contributed by atoms with Crippen LogP contribution >= 0.6 is 11.3 Å². The molecule has 0 aromatic carbocycles. The van der Waals surface area contributed by atoms with E-state index in [1.54, 1.807) is 6.20 Å². The molecule has 0 unspecified atom stereocenters. The molecule has 0 saturated carbocycles. The molecule has 0 atom stereocenters. The lowest BCUT2D eigenvalue weighted by Crippen LogP contribution is -2.42. The first-order chi connectivity index (χ1) is 10.8. The first-order valence-electron chi connectivity index (χ1n) is 7.63. The van der Waals surface area contributed by atoms with Crippen LogP contribution in [0.25, 0.3) is 0 Å². The van der Waals surface area contributed by atoms with Crippen molar-refractivity contribution >= 4 is 17.2 Å². The second kappa shape index (κ2) is 6.91. The standard InChI is InChI=1S/C17H20N4S/c1-13-6-9-22-16(13)12-19-15-4-7-21(8-5-15)17-3-2-14(10-18)11-20-17/h2-3,6,9,11,15,19H,4-5,7-8,12H2,1H3. The van der Waals surface area contributed by atoms with Crippen LogP contribution in [0.4, 0.5) is 5.82 Å². The van der Waals surface area contributed by atoms with Crippen molar-refractivity contribution in [3.8, 4) is 6.07 Å². The largest absolute Gasteiger partial charge is 0.357 e. The van der Waals surface area contributed by atoms with Gasteiger partial charge in [0.2, 0.25) is 0 Å². The summed E-state index contributed by atoms with van der Waals surface area (Å²) in [5.74, 6) is 0.978. The third-order valence-corrected chi connectivity index (χ3v) is 5.24. The molecule has 22 heavy (non-hydrogen) atoms. The molecule has 2 aromatic rings.